The first kappa shape index (κ1) is 78.6. The van der Waals surface area contributed by atoms with Crippen molar-refractivity contribution in [2.24, 2.45) is 38.6 Å². The fourth-order valence-electron chi connectivity index (χ4n) is 7.64. The summed E-state index contributed by atoms with van der Waals surface area (Å²) < 4.78 is 58.3. The molecule has 0 rings (SSSR count). The molecule has 0 aliphatic heterocycles. The third kappa shape index (κ3) is 35.3. The van der Waals surface area contributed by atoms with E-state index in [0.29, 0.717) is 83.0 Å². The summed E-state index contributed by atoms with van der Waals surface area (Å²) in [4.78, 5) is 101. The summed E-state index contributed by atoms with van der Waals surface area (Å²) in [6, 6.07) is 1.18. The molecule has 0 aliphatic rings. The highest BCUT2D eigenvalue weighted by Gasteiger charge is 2.40. The van der Waals surface area contributed by atoms with Crippen LogP contribution in [-0.4, -0.2) is 177 Å². The SMILES string of the molecule is COC(=O)C(CC(Br)C(=O)OCCCCCOC(=O)CN=[N+]=[N-])CC(C)(C)C(=O)OCCCC[Si](OC)(OC)OC.CO[Si](CCCCOC(=O)C(C)(C)CC(CC(Br)C(=O)NCCCCCNC(=O)CN=[N+]=[N-])C(N)=O)(OC)OC. The maximum absolute atomic E-state index is 12.8. The molecule has 4 N–H and O–H groups in total. The average molecular weight is 1320 g/mol. The van der Waals surface area contributed by atoms with Gasteiger partial charge >= 0.3 is 47.5 Å². The zero-order valence-electron chi connectivity index (χ0n) is 49.1. The number of unbranched alkanes of at least 4 members (excludes halogenated alkanes) is 6. The van der Waals surface area contributed by atoms with Gasteiger partial charge in [0.2, 0.25) is 17.7 Å². The monoisotopic (exact) mass is 1320 g/mol. The highest BCUT2D eigenvalue weighted by atomic mass is 79.9. The van der Waals surface area contributed by atoms with Gasteiger partial charge in [-0.15, -0.1) is 0 Å². The van der Waals surface area contributed by atoms with E-state index in [2.05, 4.69) is 62.5 Å². The van der Waals surface area contributed by atoms with E-state index in [1.807, 2.05) is 0 Å². The summed E-state index contributed by atoms with van der Waals surface area (Å²) in [6.45, 7) is 7.74. The largest absolute Gasteiger partial charge is 0.500 e. The van der Waals surface area contributed by atoms with Crippen LogP contribution in [0.1, 0.15) is 118 Å². The van der Waals surface area contributed by atoms with Crippen LogP contribution >= 0.6 is 31.9 Å². The molecular weight excluding hydrogens is 1230 g/mol. The van der Waals surface area contributed by atoms with Gasteiger partial charge in [0, 0.05) is 83.6 Å². The highest BCUT2D eigenvalue weighted by Crippen LogP contribution is 2.33. The van der Waals surface area contributed by atoms with E-state index < -0.39 is 85.7 Å². The summed E-state index contributed by atoms with van der Waals surface area (Å²) in [5.41, 5.74) is 20.0. The van der Waals surface area contributed by atoms with Gasteiger partial charge in [-0.05, 0) is 129 Å². The summed E-state index contributed by atoms with van der Waals surface area (Å²) in [6.07, 6.45) is 6.92. The predicted molar refractivity (Wildman–Crippen MR) is 307 cm³/mol. The lowest BCUT2D eigenvalue weighted by Crippen LogP contribution is -2.42. The Bertz CT molecular complexity index is 1980. The molecule has 0 saturated carbocycles. The van der Waals surface area contributed by atoms with E-state index >= 15 is 0 Å². The Hall–Kier alpha value is -4.47. The van der Waals surface area contributed by atoms with Gasteiger partial charge < -0.3 is 66.6 Å². The zero-order chi connectivity index (χ0) is 61.9. The molecule has 4 unspecified atom stereocenters. The number of hydrogen-bond acceptors (Lipinski definition) is 21. The number of nitrogens with two attached hydrogens (primary N) is 1. The molecule has 0 bridgehead atoms. The molecule has 0 aromatic heterocycles. The number of halogens is 2. The minimum atomic E-state index is -2.68. The minimum absolute atomic E-state index is 0.0705. The fourth-order valence-corrected chi connectivity index (χ4v) is 12.4. The Morgan fingerprint density at radius 1 is 0.531 bits per heavy atom. The third-order valence-electron chi connectivity index (χ3n) is 12.5. The lowest BCUT2D eigenvalue weighted by Gasteiger charge is -2.27. The minimum Gasteiger partial charge on any atom is -0.469 e. The lowest BCUT2D eigenvalue weighted by molar-refractivity contribution is -0.158. The van der Waals surface area contributed by atoms with Gasteiger partial charge in [0.15, 0.2) is 0 Å². The Kier molecular flexibility index (Phi) is 43.7. The van der Waals surface area contributed by atoms with Crippen LogP contribution in [0.3, 0.4) is 0 Å². The second-order valence-electron chi connectivity index (χ2n) is 19.6. The number of ether oxygens (including phenoxy) is 5. The van der Waals surface area contributed by atoms with Crippen LogP contribution in [0.25, 0.3) is 20.9 Å². The summed E-state index contributed by atoms with van der Waals surface area (Å²) >= 11 is 6.63. The summed E-state index contributed by atoms with van der Waals surface area (Å²) in [7, 11) is 5.15. The number of rotatable bonds is 46. The average Bonchev–Trinajstić information content (AvgIpc) is 3.44. The van der Waals surface area contributed by atoms with Gasteiger partial charge in [0.1, 0.15) is 17.9 Å². The van der Waals surface area contributed by atoms with Crippen LogP contribution in [-0.2, 0) is 88.6 Å². The molecule has 0 fully saturated rings. The van der Waals surface area contributed by atoms with Crippen LogP contribution in [0.15, 0.2) is 10.2 Å². The maximum Gasteiger partial charge on any atom is 0.500 e. The molecule has 0 aromatic rings. The van der Waals surface area contributed by atoms with E-state index in [0.717, 1.165) is 6.42 Å². The molecule has 28 nitrogen and oxygen atoms in total. The van der Waals surface area contributed by atoms with E-state index in [1.54, 1.807) is 70.4 Å². The topological polar surface area (TPSA) is 386 Å². The molecule has 0 aliphatic carbocycles. The van der Waals surface area contributed by atoms with Gasteiger partial charge in [0.25, 0.3) is 0 Å². The number of alkyl halides is 2. The van der Waals surface area contributed by atoms with Crippen LogP contribution in [0.2, 0.25) is 12.1 Å². The first-order chi connectivity index (χ1) is 38.3. The number of carbonyl (C=O) groups excluding carboxylic acids is 8. The van der Waals surface area contributed by atoms with Gasteiger partial charge in [-0.2, -0.15) is 0 Å². The Balaban J connectivity index is 0. The summed E-state index contributed by atoms with van der Waals surface area (Å²) in [5.74, 6) is -5.28. The molecule has 0 spiro atoms. The predicted octanol–water partition coefficient (Wildman–Crippen LogP) is 6.69. The number of carbonyl (C=O) groups is 8. The van der Waals surface area contributed by atoms with E-state index in [9.17, 15) is 38.4 Å². The van der Waals surface area contributed by atoms with Crippen LogP contribution in [0.4, 0.5) is 0 Å². The number of methoxy groups -OCH3 is 1. The zero-order valence-corrected chi connectivity index (χ0v) is 54.2. The highest BCUT2D eigenvalue weighted by molar-refractivity contribution is 9.10. The Morgan fingerprint density at radius 2 is 0.938 bits per heavy atom. The van der Waals surface area contributed by atoms with Crippen molar-refractivity contribution in [1.82, 2.24) is 10.6 Å². The van der Waals surface area contributed by atoms with Gasteiger partial charge in [-0.3, -0.25) is 38.4 Å². The van der Waals surface area contributed by atoms with Crippen molar-refractivity contribution in [3.05, 3.63) is 20.9 Å². The van der Waals surface area contributed by atoms with Crippen molar-refractivity contribution in [2.45, 2.75) is 139 Å². The smallest absolute Gasteiger partial charge is 0.469 e. The van der Waals surface area contributed by atoms with E-state index in [1.165, 1.54) is 7.11 Å². The number of azide groups is 2. The molecule has 0 radical (unpaired) electrons. The quantitative estimate of drug-likeness (QED) is 0.00835. The molecule has 81 heavy (non-hydrogen) atoms. The number of nitrogens with one attached hydrogen (secondary N) is 2. The number of esters is 5. The Morgan fingerprint density at radius 3 is 1.40 bits per heavy atom. The molecule has 3 amide bonds. The van der Waals surface area contributed by atoms with Gasteiger partial charge in [0.05, 0.1) is 55.1 Å². The van der Waals surface area contributed by atoms with Crippen molar-refractivity contribution >= 4 is 97.0 Å². The van der Waals surface area contributed by atoms with Gasteiger partial charge in [-0.1, -0.05) is 42.1 Å². The number of hydrogen-bond donors (Lipinski definition) is 3. The van der Waals surface area contributed by atoms with Crippen LogP contribution in [0, 0.1) is 22.7 Å². The number of nitrogens with zero attached hydrogens (tertiary/aromatic N) is 6. The number of amides is 3. The van der Waals surface area contributed by atoms with Crippen molar-refractivity contribution in [3.63, 3.8) is 0 Å². The molecule has 0 heterocycles. The van der Waals surface area contributed by atoms with Gasteiger partial charge in [-0.25, -0.2) is 0 Å². The molecular formula is C49H89Br2N9O19Si2. The van der Waals surface area contributed by atoms with Crippen molar-refractivity contribution in [1.29, 1.82) is 0 Å². The molecule has 32 heteroatoms. The standard InChI is InChI=1S/C25H44BrN3O11Si.C24H45BrN6O8Si/c1-25(2,24(33)40-14-10-11-15-41(35-4,36-5)37-6)17-19(22(31)34-3)16-20(26)23(32)39-13-9-7-8-12-38-21(30)18-28-29-27;1-24(2,23(35)39-13-9-10-14-40(36-3,37-4)38-5)16-18(21(26)33)15-19(25)22(34)29-12-8-6-7-11-28-20(32)17-30-31-27/h19-20H,7-18H2,1-6H3;18-19H,6-17H2,1-5H3,(H2,26,33)(H,28,32)(H,29,34). The first-order valence-corrected chi connectivity index (χ1v) is 32.2. The molecule has 0 aromatic carbocycles. The van der Waals surface area contributed by atoms with E-state index in [4.69, 9.17) is 67.0 Å². The maximum atomic E-state index is 12.8. The second-order valence-corrected chi connectivity index (χ2v) is 28.0. The third-order valence-corrected chi connectivity index (χ3v) is 19.7. The Labute approximate surface area is 495 Å². The summed E-state index contributed by atoms with van der Waals surface area (Å²) in [5, 5.41) is 11.7. The van der Waals surface area contributed by atoms with Crippen molar-refractivity contribution < 1.29 is 88.6 Å². The van der Waals surface area contributed by atoms with Crippen LogP contribution < -0.4 is 16.4 Å². The van der Waals surface area contributed by atoms with Crippen molar-refractivity contribution in [2.75, 3.05) is 102 Å². The normalized spacial score (nSPS) is 13.0. The van der Waals surface area contributed by atoms with E-state index in [-0.39, 0.29) is 77.0 Å². The van der Waals surface area contributed by atoms with Crippen LogP contribution in [0.5, 0.6) is 0 Å². The number of primary amides is 1. The van der Waals surface area contributed by atoms with Crippen molar-refractivity contribution in [3.8, 4) is 0 Å². The fraction of sp³-hybridized carbons (Fsp3) is 0.837. The second kappa shape index (κ2) is 45.0. The molecule has 466 valence electrons. The molecule has 0 saturated heterocycles. The first-order valence-electron chi connectivity index (χ1n) is 26.5. The molecule has 4 atom stereocenters. The lowest BCUT2D eigenvalue weighted by atomic mass is 9.80.